The first kappa shape index (κ1) is 20.2. The van der Waals surface area contributed by atoms with Gasteiger partial charge in [0.05, 0.1) is 10.5 Å². The largest absolute Gasteiger partial charge is 0.455 e. The van der Waals surface area contributed by atoms with Gasteiger partial charge in [-0.2, -0.15) is 4.31 Å². The third kappa shape index (κ3) is 4.66. The molecule has 146 valence electrons. The Morgan fingerprint density at radius 3 is 2.44 bits per heavy atom. The third-order valence-corrected chi connectivity index (χ3v) is 7.24. The summed E-state index contributed by atoms with van der Waals surface area (Å²) in [5.74, 6) is 0.0674. The Bertz CT molecular complexity index is 905. The van der Waals surface area contributed by atoms with E-state index in [9.17, 15) is 13.2 Å². The van der Waals surface area contributed by atoms with Gasteiger partial charge in [-0.1, -0.05) is 29.9 Å². The van der Waals surface area contributed by atoms with E-state index in [-0.39, 0.29) is 17.1 Å². The number of sulfonamides is 1. The van der Waals surface area contributed by atoms with Crippen LogP contribution in [0.4, 0.5) is 0 Å². The van der Waals surface area contributed by atoms with Gasteiger partial charge in [-0.15, -0.1) is 5.10 Å². The molecule has 0 N–H and O–H groups in total. The molecule has 1 saturated heterocycles. The van der Waals surface area contributed by atoms with E-state index in [0.29, 0.717) is 35.0 Å². The van der Waals surface area contributed by atoms with Crippen molar-refractivity contribution in [2.45, 2.75) is 31.8 Å². The molecule has 0 saturated carbocycles. The number of esters is 1. The summed E-state index contributed by atoms with van der Waals surface area (Å²) in [5.41, 5.74) is 0.649. The van der Waals surface area contributed by atoms with Crippen LogP contribution in [0.1, 0.15) is 36.3 Å². The van der Waals surface area contributed by atoms with Crippen LogP contribution < -0.4 is 0 Å². The minimum absolute atomic E-state index is 0.0855. The second-order valence-corrected chi connectivity index (χ2v) is 10.2. The zero-order valence-corrected chi connectivity index (χ0v) is 17.4. The summed E-state index contributed by atoms with van der Waals surface area (Å²) in [4.78, 5) is 12.3. The highest BCUT2D eigenvalue weighted by Gasteiger charge is 2.31. The van der Waals surface area contributed by atoms with Crippen LogP contribution >= 0.6 is 23.1 Å². The fourth-order valence-electron chi connectivity index (χ4n) is 3.21. The molecule has 1 aromatic carbocycles. The van der Waals surface area contributed by atoms with Crippen LogP contribution in [0.2, 0.25) is 4.34 Å². The van der Waals surface area contributed by atoms with Gasteiger partial charge in [0.25, 0.3) is 0 Å². The Morgan fingerprint density at radius 1 is 1.26 bits per heavy atom. The Morgan fingerprint density at radius 2 is 1.89 bits per heavy atom. The number of piperidine rings is 1. The summed E-state index contributed by atoms with van der Waals surface area (Å²) >= 11 is 6.88. The highest BCUT2D eigenvalue weighted by atomic mass is 35.5. The Balaban J connectivity index is 1.69. The topological polar surface area (TPSA) is 89.5 Å². The van der Waals surface area contributed by atoms with Gasteiger partial charge in [0, 0.05) is 24.6 Å². The number of aromatic nitrogens is 2. The van der Waals surface area contributed by atoms with E-state index in [0.717, 1.165) is 18.0 Å². The molecule has 0 radical (unpaired) electrons. The summed E-state index contributed by atoms with van der Waals surface area (Å²) in [7, 11) is -3.58. The van der Waals surface area contributed by atoms with Gasteiger partial charge in [-0.25, -0.2) is 13.2 Å². The molecule has 1 aliphatic heterocycles. The van der Waals surface area contributed by atoms with Crippen molar-refractivity contribution in [2.75, 3.05) is 13.1 Å². The first-order valence-corrected chi connectivity index (χ1v) is 11.1. The van der Waals surface area contributed by atoms with Gasteiger partial charge in [0.1, 0.15) is 16.6 Å². The predicted octanol–water partition coefficient (Wildman–Crippen LogP) is 3.22. The van der Waals surface area contributed by atoms with Crippen molar-refractivity contribution in [3.63, 3.8) is 0 Å². The second-order valence-electron chi connectivity index (χ2n) is 6.86. The molecule has 0 bridgehead atoms. The minimum Gasteiger partial charge on any atom is -0.455 e. The molecule has 27 heavy (non-hydrogen) atoms. The minimum atomic E-state index is -3.58. The van der Waals surface area contributed by atoms with Crippen LogP contribution in [0.3, 0.4) is 0 Å². The van der Waals surface area contributed by atoms with Crippen LogP contribution in [-0.2, 0) is 21.4 Å². The molecule has 0 aliphatic carbocycles. The molecule has 2 unspecified atom stereocenters. The number of carbonyl (C=O) groups is 1. The average molecular weight is 430 g/mol. The summed E-state index contributed by atoms with van der Waals surface area (Å²) in [6, 6.07) is 5.78. The Hall–Kier alpha value is -1.55. The zero-order chi connectivity index (χ0) is 19.6. The van der Waals surface area contributed by atoms with E-state index in [1.54, 1.807) is 0 Å². The van der Waals surface area contributed by atoms with Gasteiger partial charge in [0.2, 0.25) is 10.0 Å². The van der Waals surface area contributed by atoms with Crippen LogP contribution in [-0.4, -0.2) is 41.4 Å². The molecule has 2 atom stereocenters. The van der Waals surface area contributed by atoms with Gasteiger partial charge in [-0.05, 0) is 42.5 Å². The lowest BCUT2D eigenvalue weighted by Gasteiger charge is -2.34. The molecule has 2 heterocycles. The molecule has 1 aliphatic rings. The lowest BCUT2D eigenvalue weighted by Crippen LogP contribution is -2.42. The van der Waals surface area contributed by atoms with Crippen LogP contribution in [0.25, 0.3) is 0 Å². The second kappa shape index (κ2) is 8.22. The van der Waals surface area contributed by atoms with Crippen molar-refractivity contribution in [3.05, 3.63) is 39.9 Å². The molecular formula is C17H20ClN3O4S2. The van der Waals surface area contributed by atoms with E-state index in [2.05, 4.69) is 23.4 Å². The number of halogens is 1. The van der Waals surface area contributed by atoms with E-state index < -0.39 is 16.0 Å². The first-order valence-electron chi connectivity index (χ1n) is 8.51. The Kier molecular flexibility index (Phi) is 6.15. The number of benzene rings is 1. The molecular weight excluding hydrogens is 410 g/mol. The molecule has 1 fully saturated rings. The van der Waals surface area contributed by atoms with E-state index in [1.807, 2.05) is 0 Å². The van der Waals surface area contributed by atoms with E-state index in [1.165, 1.54) is 28.6 Å². The highest BCUT2D eigenvalue weighted by Crippen LogP contribution is 2.27. The molecule has 0 amide bonds. The maximum Gasteiger partial charge on any atom is 0.338 e. The van der Waals surface area contributed by atoms with Crippen molar-refractivity contribution >= 4 is 39.1 Å². The summed E-state index contributed by atoms with van der Waals surface area (Å²) in [6.07, 6.45) is 1.02. The van der Waals surface area contributed by atoms with E-state index in [4.69, 9.17) is 16.3 Å². The molecule has 2 aromatic rings. The molecule has 1 aromatic heterocycles. The third-order valence-electron chi connectivity index (χ3n) is 4.41. The SMILES string of the molecule is CC1CC(C)CN(S(=O)(=O)c2ccc(C(=O)OCc3nnsc3Cl)cc2)C1. The Labute approximate surface area is 167 Å². The van der Waals surface area contributed by atoms with Crippen molar-refractivity contribution in [1.82, 2.24) is 13.9 Å². The molecule has 3 rings (SSSR count). The van der Waals surface area contributed by atoms with Gasteiger partial charge in [-0.3, -0.25) is 0 Å². The average Bonchev–Trinajstić information content (AvgIpc) is 3.04. The number of nitrogens with zero attached hydrogens (tertiary/aromatic N) is 3. The summed E-state index contributed by atoms with van der Waals surface area (Å²) in [5, 5.41) is 3.77. The van der Waals surface area contributed by atoms with Crippen molar-refractivity contribution in [3.8, 4) is 0 Å². The fourth-order valence-corrected chi connectivity index (χ4v) is 5.50. The number of carbonyl (C=O) groups excluding carboxylic acids is 1. The smallest absolute Gasteiger partial charge is 0.338 e. The van der Waals surface area contributed by atoms with Crippen LogP contribution in [0, 0.1) is 11.8 Å². The van der Waals surface area contributed by atoms with Gasteiger partial charge < -0.3 is 4.74 Å². The van der Waals surface area contributed by atoms with Crippen molar-refractivity contribution < 1.29 is 17.9 Å². The van der Waals surface area contributed by atoms with Gasteiger partial charge >= 0.3 is 5.97 Å². The number of rotatable bonds is 5. The number of hydrogen-bond acceptors (Lipinski definition) is 7. The van der Waals surface area contributed by atoms with Gasteiger partial charge in [0.15, 0.2) is 0 Å². The highest BCUT2D eigenvalue weighted by molar-refractivity contribution is 7.89. The standard InChI is InChI=1S/C17H20ClN3O4S2/c1-11-7-12(2)9-21(8-11)27(23,24)14-5-3-13(4-6-14)17(22)25-10-15-16(18)26-20-19-15/h3-6,11-12H,7-10H2,1-2H3. The van der Waals surface area contributed by atoms with E-state index >= 15 is 0 Å². The fraction of sp³-hybridized carbons (Fsp3) is 0.471. The summed E-state index contributed by atoms with van der Waals surface area (Å²) in [6.45, 7) is 5.05. The van der Waals surface area contributed by atoms with Crippen LogP contribution in [0.5, 0.6) is 0 Å². The monoisotopic (exact) mass is 429 g/mol. The number of ether oxygens (including phenoxy) is 1. The zero-order valence-electron chi connectivity index (χ0n) is 15.0. The lowest BCUT2D eigenvalue weighted by atomic mass is 9.94. The summed E-state index contributed by atoms with van der Waals surface area (Å²) < 4.78 is 36.4. The van der Waals surface area contributed by atoms with Crippen molar-refractivity contribution in [1.29, 1.82) is 0 Å². The molecule has 0 spiro atoms. The maximum absolute atomic E-state index is 12.9. The molecule has 10 heteroatoms. The maximum atomic E-state index is 12.9. The predicted molar refractivity (Wildman–Crippen MR) is 102 cm³/mol. The number of hydrogen-bond donors (Lipinski definition) is 0. The lowest BCUT2D eigenvalue weighted by molar-refractivity contribution is 0.0468. The first-order chi connectivity index (χ1) is 12.8. The van der Waals surface area contributed by atoms with Crippen molar-refractivity contribution in [2.24, 2.45) is 11.8 Å². The normalized spacial score (nSPS) is 21.1. The molecule has 7 nitrogen and oxygen atoms in total. The quantitative estimate of drug-likeness (QED) is 0.678. The van der Waals surface area contributed by atoms with Crippen LogP contribution in [0.15, 0.2) is 29.2 Å².